The normalized spacial score (nSPS) is 15.4. The van der Waals surface area contributed by atoms with E-state index in [-0.39, 0.29) is 12.0 Å². The largest absolute Gasteiger partial charge is 0.490 e. The fraction of sp³-hybridized carbons (Fsp3) is 0.481. The molecule has 1 amide bonds. The van der Waals surface area contributed by atoms with E-state index in [0.29, 0.717) is 54.3 Å². The van der Waals surface area contributed by atoms with E-state index in [1.165, 1.54) is 11.3 Å². The van der Waals surface area contributed by atoms with Crippen LogP contribution in [0, 0.1) is 13.8 Å². The molecule has 3 aromatic rings. The third-order valence-corrected chi connectivity index (χ3v) is 7.08. The van der Waals surface area contributed by atoms with Gasteiger partial charge in [-0.2, -0.15) is 0 Å². The maximum Gasteiger partial charge on any atom is 0.260 e. The lowest BCUT2D eigenvalue weighted by Gasteiger charge is -2.24. The van der Waals surface area contributed by atoms with Gasteiger partial charge in [-0.05, 0) is 76.8 Å². The molecule has 2 aromatic carbocycles. The fourth-order valence-corrected chi connectivity index (χ4v) is 5.41. The summed E-state index contributed by atoms with van der Waals surface area (Å²) in [6.07, 6.45) is 1.90. The van der Waals surface area contributed by atoms with Gasteiger partial charge in [-0.1, -0.05) is 17.4 Å². The predicted molar refractivity (Wildman–Crippen MR) is 140 cm³/mol. The molecule has 8 heteroatoms. The minimum absolute atomic E-state index is 0.0192. The summed E-state index contributed by atoms with van der Waals surface area (Å²) in [7, 11) is 0. The molecular weight excluding hydrogens is 464 g/mol. The van der Waals surface area contributed by atoms with Crippen LogP contribution in [0.25, 0.3) is 10.2 Å². The van der Waals surface area contributed by atoms with Crippen LogP contribution in [-0.2, 0) is 4.74 Å². The number of amides is 1. The second-order valence-electron chi connectivity index (χ2n) is 8.58. The highest BCUT2D eigenvalue weighted by Gasteiger charge is 2.29. The van der Waals surface area contributed by atoms with Gasteiger partial charge in [0.2, 0.25) is 5.75 Å². The number of ether oxygens (including phenoxy) is 4. The summed E-state index contributed by atoms with van der Waals surface area (Å²) in [6, 6.07) is 7.69. The lowest BCUT2D eigenvalue weighted by molar-refractivity contribution is 0.0916. The second-order valence-corrected chi connectivity index (χ2v) is 9.56. The molecule has 0 saturated carbocycles. The number of aromatic nitrogens is 1. The van der Waals surface area contributed by atoms with Crippen LogP contribution >= 0.6 is 11.3 Å². The molecule has 2 heterocycles. The third kappa shape index (κ3) is 5.54. The number of aryl methyl sites for hydroxylation is 2. The van der Waals surface area contributed by atoms with Gasteiger partial charge in [0.05, 0.1) is 42.7 Å². The van der Waals surface area contributed by atoms with E-state index < -0.39 is 0 Å². The Bertz CT molecular complexity index is 1160. The van der Waals surface area contributed by atoms with Crippen molar-refractivity contribution < 1.29 is 23.7 Å². The zero-order valence-corrected chi connectivity index (χ0v) is 22.0. The second kappa shape index (κ2) is 11.3. The van der Waals surface area contributed by atoms with E-state index in [1.54, 1.807) is 17.0 Å². The van der Waals surface area contributed by atoms with E-state index in [0.717, 1.165) is 40.8 Å². The Balaban J connectivity index is 1.79. The summed E-state index contributed by atoms with van der Waals surface area (Å²) in [4.78, 5) is 20.6. The molecule has 1 saturated heterocycles. The first kappa shape index (κ1) is 25.3. The number of benzene rings is 2. The topological polar surface area (TPSA) is 70.1 Å². The van der Waals surface area contributed by atoms with Crippen molar-refractivity contribution in [3.63, 3.8) is 0 Å². The molecule has 0 N–H and O–H groups in total. The molecule has 0 spiro atoms. The lowest BCUT2D eigenvalue weighted by Crippen LogP contribution is -2.37. The molecule has 1 atom stereocenters. The summed E-state index contributed by atoms with van der Waals surface area (Å²) in [6.45, 7) is 12.4. The van der Waals surface area contributed by atoms with Crippen LogP contribution in [0.4, 0.5) is 5.13 Å². The molecule has 0 bridgehead atoms. The van der Waals surface area contributed by atoms with Crippen LogP contribution in [0.15, 0.2) is 24.3 Å². The summed E-state index contributed by atoms with van der Waals surface area (Å²) in [5, 5.41) is 0.666. The fourth-order valence-electron chi connectivity index (χ4n) is 4.39. The molecule has 1 aromatic heterocycles. The SMILES string of the molecule is CCOc1cc(C(=O)N(CC2CCCO2)c2nc3cc(C)cc(C)c3s2)cc(OCC)c1OCC. The molecule has 35 heavy (non-hydrogen) atoms. The molecule has 7 nitrogen and oxygen atoms in total. The van der Waals surface area contributed by atoms with Crippen LogP contribution in [0.1, 0.15) is 55.1 Å². The highest BCUT2D eigenvalue weighted by molar-refractivity contribution is 7.22. The van der Waals surface area contributed by atoms with E-state index in [2.05, 4.69) is 26.0 Å². The average Bonchev–Trinajstić information content (AvgIpc) is 3.49. The molecule has 1 unspecified atom stereocenters. The Labute approximate surface area is 211 Å². The highest BCUT2D eigenvalue weighted by Crippen LogP contribution is 2.40. The number of carbonyl (C=O) groups excluding carboxylic acids is 1. The van der Waals surface area contributed by atoms with Gasteiger partial charge in [-0.15, -0.1) is 0 Å². The van der Waals surface area contributed by atoms with Crippen molar-refractivity contribution in [2.24, 2.45) is 0 Å². The van der Waals surface area contributed by atoms with Crippen LogP contribution < -0.4 is 19.1 Å². The quantitative estimate of drug-likeness (QED) is 0.345. The van der Waals surface area contributed by atoms with Gasteiger partial charge in [0.25, 0.3) is 5.91 Å². The third-order valence-electron chi connectivity index (χ3n) is 5.85. The first-order chi connectivity index (χ1) is 16.9. The number of nitrogens with zero attached hydrogens (tertiary/aromatic N) is 2. The highest BCUT2D eigenvalue weighted by atomic mass is 32.1. The van der Waals surface area contributed by atoms with Crippen molar-refractivity contribution in [3.8, 4) is 17.2 Å². The zero-order valence-electron chi connectivity index (χ0n) is 21.2. The number of anilines is 1. The Morgan fingerprint density at radius 1 is 1.06 bits per heavy atom. The van der Waals surface area contributed by atoms with E-state index >= 15 is 0 Å². The van der Waals surface area contributed by atoms with Crippen LogP contribution in [0.3, 0.4) is 0 Å². The van der Waals surface area contributed by atoms with Crippen molar-refractivity contribution in [2.75, 3.05) is 37.9 Å². The van der Waals surface area contributed by atoms with Gasteiger partial charge in [-0.3, -0.25) is 9.69 Å². The molecule has 0 aliphatic carbocycles. The Morgan fingerprint density at radius 2 is 1.74 bits per heavy atom. The minimum atomic E-state index is -0.168. The molecule has 188 valence electrons. The van der Waals surface area contributed by atoms with Gasteiger partial charge in [0, 0.05) is 12.2 Å². The number of fused-ring (bicyclic) bond motifs is 1. The molecule has 1 fully saturated rings. The van der Waals surface area contributed by atoms with Crippen LogP contribution in [0.5, 0.6) is 17.2 Å². The van der Waals surface area contributed by atoms with Crippen molar-refractivity contribution in [1.29, 1.82) is 0 Å². The number of thiazole rings is 1. The van der Waals surface area contributed by atoms with E-state index in [9.17, 15) is 4.79 Å². The standard InChI is InChI=1S/C27H34N2O5S/c1-6-31-22-14-19(15-23(32-7-2)24(22)33-8-3)26(30)29(16-20-10-9-11-34-20)27-28-21-13-17(4)12-18(5)25(21)35-27/h12-15,20H,6-11,16H2,1-5H3. The van der Waals surface area contributed by atoms with Gasteiger partial charge in [-0.25, -0.2) is 4.98 Å². The van der Waals surface area contributed by atoms with Gasteiger partial charge in [0.15, 0.2) is 16.6 Å². The lowest BCUT2D eigenvalue weighted by atomic mass is 10.1. The maximum atomic E-state index is 14.0. The smallest absolute Gasteiger partial charge is 0.260 e. The van der Waals surface area contributed by atoms with Crippen LogP contribution in [0.2, 0.25) is 0 Å². The van der Waals surface area contributed by atoms with Crippen molar-refractivity contribution in [3.05, 3.63) is 41.0 Å². The Morgan fingerprint density at radius 3 is 2.34 bits per heavy atom. The summed E-state index contributed by atoms with van der Waals surface area (Å²) in [5.41, 5.74) is 3.68. The van der Waals surface area contributed by atoms with Crippen molar-refractivity contribution >= 4 is 32.6 Å². The van der Waals surface area contributed by atoms with E-state index in [1.807, 2.05) is 20.8 Å². The summed E-state index contributed by atoms with van der Waals surface area (Å²) in [5.74, 6) is 1.34. The average molecular weight is 499 g/mol. The monoisotopic (exact) mass is 498 g/mol. The van der Waals surface area contributed by atoms with Crippen LogP contribution in [-0.4, -0.2) is 50.0 Å². The summed E-state index contributed by atoms with van der Waals surface area (Å²) >= 11 is 1.54. The van der Waals surface area contributed by atoms with Gasteiger partial charge in [0.1, 0.15) is 0 Å². The summed E-state index contributed by atoms with van der Waals surface area (Å²) < 4.78 is 24.5. The number of carbonyl (C=O) groups is 1. The van der Waals surface area contributed by atoms with E-state index in [4.69, 9.17) is 23.9 Å². The Hall–Kier alpha value is -2.84. The first-order valence-corrected chi connectivity index (χ1v) is 13.1. The number of hydrogen-bond acceptors (Lipinski definition) is 7. The molecular formula is C27H34N2O5S. The van der Waals surface area contributed by atoms with Gasteiger partial charge >= 0.3 is 0 Å². The Kier molecular flexibility index (Phi) is 8.13. The maximum absolute atomic E-state index is 14.0. The molecule has 4 rings (SSSR count). The van der Waals surface area contributed by atoms with Gasteiger partial charge < -0.3 is 18.9 Å². The van der Waals surface area contributed by atoms with Crippen molar-refractivity contribution in [2.45, 2.75) is 53.6 Å². The minimum Gasteiger partial charge on any atom is -0.490 e. The zero-order chi connectivity index (χ0) is 24.9. The number of rotatable bonds is 10. The number of hydrogen-bond donors (Lipinski definition) is 0. The molecule has 1 aliphatic heterocycles. The molecule has 1 aliphatic rings. The van der Waals surface area contributed by atoms with Crippen molar-refractivity contribution in [1.82, 2.24) is 4.98 Å². The molecule has 0 radical (unpaired) electrons. The first-order valence-electron chi connectivity index (χ1n) is 12.3. The predicted octanol–water partition coefficient (Wildman–Crippen LogP) is 5.94.